The summed E-state index contributed by atoms with van der Waals surface area (Å²) in [5, 5.41) is 20.0. The summed E-state index contributed by atoms with van der Waals surface area (Å²) in [6.45, 7) is 5.49. The van der Waals surface area contributed by atoms with Crippen molar-refractivity contribution in [2.75, 3.05) is 13.1 Å². The van der Waals surface area contributed by atoms with Crippen LogP contribution in [0.25, 0.3) is 0 Å². The summed E-state index contributed by atoms with van der Waals surface area (Å²) in [4.78, 5) is 35.5. The number of aromatic carboxylic acids is 1. The zero-order valence-electron chi connectivity index (χ0n) is 13.2. The van der Waals surface area contributed by atoms with E-state index in [4.69, 9.17) is 5.11 Å². The lowest BCUT2D eigenvalue weighted by Crippen LogP contribution is -2.39. The summed E-state index contributed by atoms with van der Waals surface area (Å²) in [5.41, 5.74) is -0.579. The van der Waals surface area contributed by atoms with Gasteiger partial charge in [-0.25, -0.2) is 4.79 Å². The summed E-state index contributed by atoms with van der Waals surface area (Å²) in [5.74, 6) is -0.512. The molecule has 2 rings (SSSR count). The van der Waals surface area contributed by atoms with Gasteiger partial charge in [0.25, 0.3) is 11.6 Å². The van der Waals surface area contributed by atoms with E-state index >= 15 is 0 Å². The van der Waals surface area contributed by atoms with Crippen molar-refractivity contribution in [3.8, 4) is 0 Å². The van der Waals surface area contributed by atoms with Crippen molar-refractivity contribution < 1.29 is 19.6 Å². The zero-order valence-corrected chi connectivity index (χ0v) is 13.2. The molecule has 1 amide bonds. The van der Waals surface area contributed by atoms with E-state index in [1.807, 2.05) is 0 Å². The van der Waals surface area contributed by atoms with Crippen LogP contribution >= 0.6 is 0 Å². The van der Waals surface area contributed by atoms with Crippen molar-refractivity contribution in [2.24, 2.45) is 11.8 Å². The number of amides is 1. The van der Waals surface area contributed by atoms with Crippen LogP contribution in [0.1, 0.15) is 47.4 Å². The number of benzene rings is 1. The smallest absolute Gasteiger partial charge is 0.335 e. The number of non-ortho nitro benzene ring substituents is 1. The van der Waals surface area contributed by atoms with Gasteiger partial charge in [0.05, 0.1) is 10.5 Å². The molecular formula is C16H20N2O5. The van der Waals surface area contributed by atoms with Crippen LogP contribution in [0, 0.1) is 22.0 Å². The van der Waals surface area contributed by atoms with Gasteiger partial charge in [0.15, 0.2) is 0 Å². The standard InChI is InChI=1S/C16H20N2O5/c1-10(2)11-3-5-17(6-4-11)15(19)12-7-13(16(20)21)9-14(8-12)18(22)23/h7-11H,3-6H2,1-2H3,(H,20,21). The van der Waals surface area contributed by atoms with E-state index < -0.39 is 10.9 Å². The minimum atomic E-state index is -1.29. The van der Waals surface area contributed by atoms with Crippen molar-refractivity contribution >= 4 is 17.6 Å². The number of nitro groups is 1. The fourth-order valence-electron chi connectivity index (χ4n) is 2.92. The van der Waals surface area contributed by atoms with Gasteiger partial charge >= 0.3 is 5.97 Å². The number of hydrogen-bond donors (Lipinski definition) is 1. The molecule has 1 heterocycles. The minimum absolute atomic E-state index is 0.0552. The molecule has 0 spiro atoms. The van der Waals surface area contributed by atoms with Crippen molar-refractivity contribution in [1.82, 2.24) is 4.90 Å². The van der Waals surface area contributed by atoms with Crippen molar-refractivity contribution in [3.05, 3.63) is 39.4 Å². The molecular weight excluding hydrogens is 300 g/mol. The average Bonchev–Trinajstić information content (AvgIpc) is 2.53. The number of carboxylic acids is 1. The molecule has 7 heteroatoms. The van der Waals surface area contributed by atoms with Gasteiger partial charge in [0.2, 0.25) is 0 Å². The number of nitrogens with zero attached hydrogens (tertiary/aromatic N) is 2. The Kier molecular flexibility index (Phi) is 4.98. The summed E-state index contributed by atoms with van der Waals surface area (Å²) in [6, 6.07) is 3.31. The maximum atomic E-state index is 12.5. The number of nitro benzene ring substituents is 1. The Labute approximate surface area is 134 Å². The van der Waals surface area contributed by atoms with E-state index in [1.54, 1.807) is 4.90 Å². The Morgan fingerprint density at radius 2 is 1.78 bits per heavy atom. The van der Waals surface area contributed by atoms with E-state index in [1.165, 1.54) is 6.07 Å². The molecule has 1 N–H and O–H groups in total. The second-order valence-electron chi connectivity index (χ2n) is 6.20. The maximum Gasteiger partial charge on any atom is 0.335 e. The normalized spacial score (nSPS) is 15.7. The Morgan fingerprint density at radius 1 is 1.22 bits per heavy atom. The van der Waals surface area contributed by atoms with Crippen molar-refractivity contribution in [2.45, 2.75) is 26.7 Å². The lowest BCUT2D eigenvalue weighted by molar-refractivity contribution is -0.384. The van der Waals surface area contributed by atoms with E-state index in [0.29, 0.717) is 24.9 Å². The predicted molar refractivity (Wildman–Crippen MR) is 83.5 cm³/mol. The van der Waals surface area contributed by atoms with Crippen molar-refractivity contribution in [1.29, 1.82) is 0 Å². The van der Waals surface area contributed by atoms with Crippen LogP contribution in [0.5, 0.6) is 0 Å². The minimum Gasteiger partial charge on any atom is -0.478 e. The lowest BCUT2D eigenvalue weighted by Gasteiger charge is -2.34. The lowest BCUT2D eigenvalue weighted by atomic mass is 9.86. The van der Waals surface area contributed by atoms with E-state index in [0.717, 1.165) is 25.0 Å². The Hall–Kier alpha value is -2.44. The Bertz CT molecular complexity index is 601. The number of likely N-dealkylation sites (tertiary alicyclic amines) is 1. The zero-order chi connectivity index (χ0) is 17.1. The first-order valence-corrected chi connectivity index (χ1v) is 7.61. The number of carbonyl (C=O) groups excluding carboxylic acids is 1. The van der Waals surface area contributed by atoms with Crippen LogP contribution < -0.4 is 0 Å². The molecule has 1 saturated heterocycles. The molecule has 0 aromatic heterocycles. The van der Waals surface area contributed by atoms with E-state index in [9.17, 15) is 19.7 Å². The third-order valence-electron chi connectivity index (χ3n) is 4.39. The molecule has 1 aromatic carbocycles. The molecule has 0 aliphatic carbocycles. The van der Waals surface area contributed by atoms with Crippen LogP contribution in [-0.4, -0.2) is 39.9 Å². The second-order valence-corrected chi connectivity index (χ2v) is 6.20. The molecule has 124 valence electrons. The molecule has 0 saturated carbocycles. The molecule has 23 heavy (non-hydrogen) atoms. The highest BCUT2D eigenvalue weighted by molar-refractivity contribution is 5.98. The van der Waals surface area contributed by atoms with Crippen LogP contribution in [0.3, 0.4) is 0 Å². The van der Waals surface area contributed by atoms with Crippen LogP contribution in [0.2, 0.25) is 0 Å². The Balaban J connectivity index is 2.22. The van der Waals surface area contributed by atoms with Crippen LogP contribution in [-0.2, 0) is 0 Å². The quantitative estimate of drug-likeness (QED) is 0.679. The second kappa shape index (κ2) is 6.76. The summed E-state index contributed by atoms with van der Waals surface area (Å²) >= 11 is 0. The number of hydrogen-bond acceptors (Lipinski definition) is 4. The molecule has 1 aromatic rings. The van der Waals surface area contributed by atoms with E-state index in [-0.39, 0.29) is 22.7 Å². The molecule has 7 nitrogen and oxygen atoms in total. The van der Waals surface area contributed by atoms with Crippen molar-refractivity contribution in [3.63, 3.8) is 0 Å². The average molecular weight is 320 g/mol. The first kappa shape index (κ1) is 16.9. The number of piperidine rings is 1. The number of carbonyl (C=O) groups is 2. The largest absolute Gasteiger partial charge is 0.478 e. The first-order valence-electron chi connectivity index (χ1n) is 7.61. The Morgan fingerprint density at radius 3 is 2.26 bits per heavy atom. The number of carboxylic acid groups (broad SMARTS) is 1. The fraction of sp³-hybridized carbons (Fsp3) is 0.500. The SMILES string of the molecule is CC(C)C1CCN(C(=O)c2cc(C(=O)O)cc([N+](=O)[O-])c2)CC1. The highest BCUT2D eigenvalue weighted by Gasteiger charge is 2.27. The van der Waals surface area contributed by atoms with Gasteiger partial charge in [-0.1, -0.05) is 13.8 Å². The van der Waals surface area contributed by atoms with Gasteiger partial charge < -0.3 is 10.0 Å². The molecule has 0 bridgehead atoms. The molecule has 1 fully saturated rings. The fourth-order valence-corrected chi connectivity index (χ4v) is 2.92. The number of rotatable bonds is 4. The maximum absolute atomic E-state index is 12.5. The third-order valence-corrected chi connectivity index (χ3v) is 4.39. The monoisotopic (exact) mass is 320 g/mol. The third kappa shape index (κ3) is 3.85. The highest BCUT2D eigenvalue weighted by atomic mass is 16.6. The molecule has 1 aliphatic rings. The van der Waals surface area contributed by atoms with Gasteiger partial charge in [-0.05, 0) is 30.7 Å². The first-order chi connectivity index (χ1) is 10.8. The molecule has 0 atom stereocenters. The highest BCUT2D eigenvalue weighted by Crippen LogP contribution is 2.26. The van der Waals surface area contributed by atoms with Gasteiger partial charge in [0.1, 0.15) is 0 Å². The topological polar surface area (TPSA) is 101 Å². The summed E-state index contributed by atoms with van der Waals surface area (Å²) in [7, 11) is 0. The molecule has 0 radical (unpaired) electrons. The van der Waals surface area contributed by atoms with Gasteiger partial charge in [-0.15, -0.1) is 0 Å². The summed E-state index contributed by atoms with van der Waals surface area (Å²) < 4.78 is 0. The van der Waals surface area contributed by atoms with Gasteiger partial charge in [0, 0.05) is 30.8 Å². The predicted octanol–water partition coefficient (Wildman–Crippen LogP) is 2.80. The van der Waals surface area contributed by atoms with Crippen LogP contribution in [0.4, 0.5) is 5.69 Å². The summed E-state index contributed by atoms with van der Waals surface area (Å²) in [6.07, 6.45) is 1.79. The molecule has 0 unspecified atom stereocenters. The molecule has 1 aliphatic heterocycles. The van der Waals surface area contributed by atoms with Gasteiger partial charge in [-0.2, -0.15) is 0 Å². The van der Waals surface area contributed by atoms with Crippen LogP contribution in [0.15, 0.2) is 18.2 Å². The van der Waals surface area contributed by atoms with E-state index in [2.05, 4.69) is 13.8 Å². The van der Waals surface area contributed by atoms with Gasteiger partial charge in [-0.3, -0.25) is 14.9 Å².